The maximum atomic E-state index is 4.56. The molecule has 6 heteroatoms. The van der Waals surface area contributed by atoms with Crippen LogP contribution in [-0.4, -0.2) is 9.97 Å². The molecule has 1 aliphatic carbocycles. The molecule has 0 atom stereocenters. The summed E-state index contributed by atoms with van der Waals surface area (Å²) in [5.41, 5.74) is 4.26. The van der Waals surface area contributed by atoms with Gasteiger partial charge in [-0.15, -0.1) is 0 Å². The maximum absolute atomic E-state index is 4.56. The zero-order chi connectivity index (χ0) is 18.0. The van der Waals surface area contributed by atoms with Gasteiger partial charge in [0.2, 0.25) is 5.95 Å². The molecule has 1 aromatic carbocycles. The number of benzene rings is 1. The highest BCUT2D eigenvalue weighted by Crippen LogP contribution is 2.36. The summed E-state index contributed by atoms with van der Waals surface area (Å²) in [5, 5.41) is 6.52. The van der Waals surface area contributed by atoms with Crippen molar-refractivity contribution in [3.8, 4) is 0 Å². The van der Waals surface area contributed by atoms with Gasteiger partial charge in [-0.05, 0) is 72.3 Å². The van der Waals surface area contributed by atoms with E-state index in [9.17, 15) is 0 Å². The molecule has 0 spiro atoms. The van der Waals surface area contributed by atoms with Crippen LogP contribution in [-0.2, 0) is 0 Å². The van der Waals surface area contributed by atoms with Crippen LogP contribution in [0.3, 0.4) is 0 Å². The van der Waals surface area contributed by atoms with Gasteiger partial charge in [0.25, 0.3) is 0 Å². The van der Waals surface area contributed by atoms with Gasteiger partial charge in [0, 0.05) is 22.1 Å². The van der Waals surface area contributed by atoms with Gasteiger partial charge in [-0.2, -0.15) is 4.98 Å². The van der Waals surface area contributed by atoms with Crippen molar-refractivity contribution in [3.63, 3.8) is 0 Å². The Labute approximate surface area is 165 Å². The molecule has 0 unspecified atom stereocenters. The fourth-order valence-electron chi connectivity index (χ4n) is 2.50. The van der Waals surface area contributed by atoms with E-state index < -0.39 is 0 Å². The molecule has 0 aliphatic heterocycles. The number of hydrogen-bond donors (Lipinski definition) is 2. The quantitative estimate of drug-likeness (QED) is 0.491. The highest BCUT2D eigenvalue weighted by atomic mass is 79.9. The number of hydrogen-bond acceptors (Lipinski definition) is 4. The zero-order valence-corrected chi connectivity index (χ0v) is 17.4. The monoisotopic (exact) mass is 462 g/mol. The standard InChI is InChI=1S/C19H20Br2N4/c1-11(14-7-8-14)9-12(2)23-18-16(21)10-22-19(25-18)24-17-6-4-5-15(20)13(17)3/h4-6,9-10,14H,2,7-8H2,1,3H3,(H2,22,23,24,25)/b11-9+. The van der Waals surface area contributed by atoms with Gasteiger partial charge in [-0.1, -0.05) is 34.1 Å². The van der Waals surface area contributed by atoms with Crippen molar-refractivity contribution in [2.24, 2.45) is 5.92 Å². The zero-order valence-electron chi connectivity index (χ0n) is 14.2. The predicted molar refractivity (Wildman–Crippen MR) is 111 cm³/mol. The van der Waals surface area contributed by atoms with E-state index in [0.29, 0.717) is 11.8 Å². The first kappa shape index (κ1) is 18.1. The van der Waals surface area contributed by atoms with E-state index in [1.807, 2.05) is 25.1 Å². The van der Waals surface area contributed by atoms with E-state index in [2.05, 4.69) is 72.0 Å². The molecule has 1 aromatic heterocycles. The summed E-state index contributed by atoms with van der Waals surface area (Å²) in [6.45, 7) is 8.28. The minimum absolute atomic E-state index is 0.530. The second-order valence-electron chi connectivity index (χ2n) is 6.24. The van der Waals surface area contributed by atoms with Gasteiger partial charge >= 0.3 is 0 Å². The first-order valence-corrected chi connectivity index (χ1v) is 9.71. The Balaban J connectivity index is 1.77. The smallest absolute Gasteiger partial charge is 0.229 e. The lowest BCUT2D eigenvalue weighted by Crippen LogP contribution is -2.04. The molecule has 2 N–H and O–H groups in total. The lowest BCUT2D eigenvalue weighted by molar-refractivity contribution is 1.00. The van der Waals surface area contributed by atoms with Crippen molar-refractivity contribution < 1.29 is 0 Å². The SMILES string of the molecule is C=C(/C=C(\C)C1CC1)Nc1nc(Nc2cccc(Br)c2C)ncc1Br. The molecule has 0 radical (unpaired) electrons. The number of aromatic nitrogens is 2. The minimum Gasteiger partial charge on any atom is -0.340 e. The second kappa shape index (κ2) is 7.70. The van der Waals surface area contributed by atoms with Crippen molar-refractivity contribution in [1.82, 2.24) is 9.97 Å². The summed E-state index contributed by atoms with van der Waals surface area (Å²) < 4.78 is 1.84. The van der Waals surface area contributed by atoms with Crippen LogP contribution in [0.25, 0.3) is 0 Å². The van der Waals surface area contributed by atoms with Crippen LogP contribution in [0.15, 0.2) is 57.3 Å². The number of rotatable bonds is 6. The van der Waals surface area contributed by atoms with Crippen LogP contribution in [0, 0.1) is 12.8 Å². The lowest BCUT2D eigenvalue weighted by atomic mass is 10.1. The molecule has 1 saturated carbocycles. The van der Waals surface area contributed by atoms with Crippen molar-refractivity contribution in [2.75, 3.05) is 10.6 Å². The first-order valence-electron chi connectivity index (χ1n) is 8.13. The van der Waals surface area contributed by atoms with Gasteiger partial charge in [0.05, 0.1) is 4.47 Å². The van der Waals surface area contributed by atoms with Gasteiger partial charge in [0.1, 0.15) is 5.82 Å². The fourth-order valence-corrected chi connectivity index (χ4v) is 3.15. The highest BCUT2D eigenvalue weighted by Gasteiger charge is 2.22. The summed E-state index contributed by atoms with van der Waals surface area (Å²) >= 11 is 7.03. The van der Waals surface area contributed by atoms with Crippen molar-refractivity contribution in [3.05, 3.63) is 62.8 Å². The molecule has 25 heavy (non-hydrogen) atoms. The summed E-state index contributed by atoms with van der Waals surface area (Å²) in [6.07, 6.45) is 6.40. The average Bonchev–Trinajstić information content (AvgIpc) is 3.40. The Kier molecular flexibility index (Phi) is 5.59. The number of anilines is 3. The van der Waals surface area contributed by atoms with E-state index in [1.165, 1.54) is 18.4 Å². The van der Waals surface area contributed by atoms with Crippen LogP contribution >= 0.6 is 31.9 Å². The highest BCUT2D eigenvalue weighted by molar-refractivity contribution is 9.10. The van der Waals surface area contributed by atoms with Gasteiger partial charge in [0.15, 0.2) is 0 Å². The Hall–Kier alpha value is -1.66. The summed E-state index contributed by atoms with van der Waals surface area (Å²) in [6, 6.07) is 5.98. The van der Waals surface area contributed by atoms with Gasteiger partial charge in [-0.3, -0.25) is 0 Å². The topological polar surface area (TPSA) is 49.8 Å². The van der Waals surface area contributed by atoms with Crippen molar-refractivity contribution >= 4 is 49.3 Å². The molecule has 0 bridgehead atoms. The van der Waals surface area contributed by atoms with E-state index >= 15 is 0 Å². The summed E-state index contributed by atoms with van der Waals surface area (Å²) in [5.74, 6) is 1.95. The fraction of sp³-hybridized carbons (Fsp3) is 0.263. The van der Waals surface area contributed by atoms with E-state index in [-0.39, 0.29) is 0 Å². The largest absolute Gasteiger partial charge is 0.340 e. The minimum atomic E-state index is 0.530. The maximum Gasteiger partial charge on any atom is 0.229 e. The molecule has 130 valence electrons. The predicted octanol–water partition coefficient (Wildman–Crippen LogP) is 6.34. The van der Waals surface area contributed by atoms with Crippen LogP contribution < -0.4 is 10.6 Å². The third-order valence-corrected chi connectivity index (χ3v) is 5.60. The number of nitrogens with zero attached hydrogens (tertiary/aromatic N) is 2. The Morgan fingerprint density at radius 3 is 2.76 bits per heavy atom. The Morgan fingerprint density at radius 2 is 2.04 bits per heavy atom. The van der Waals surface area contributed by atoms with Gasteiger partial charge < -0.3 is 10.6 Å². The molecule has 1 aliphatic rings. The van der Waals surface area contributed by atoms with Crippen molar-refractivity contribution in [2.45, 2.75) is 26.7 Å². The molecule has 1 fully saturated rings. The van der Waals surface area contributed by atoms with Crippen LogP contribution in [0.2, 0.25) is 0 Å². The van der Waals surface area contributed by atoms with Crippen LogP contribution in [0.1, 0.15) is 25.3 Å². The normalized spacial score (nSPS) is 14.3. The van der Waals surface area contributed by atoms with Crippen molar-refractivity contribution in [1.29, 1.82) is 0 Å². The summed E-state index contributed by atoms with van der Waals surface area (Å²) in [4.78, 5) is 8.90. The number of halogens is 2. The molecule has 2 aromatic rings. The lowest BCUT2D eigenvalue weighted by Gasteiger charge is -2.12. The van der Waals surface area contributed by atoms with E-state index in [4.69, 9.17) is 0 Å². The number of allylic oxidation sites excluding steroid dienone is 2. The Morgan fingerprint density at radius 1 is 1.28 bits per heavy atom. The molecule has 0 amide bonds. The average molecular weight is 464 g/mol. The Bertz CT molecular complexity index is 841. The van der Waals surface area contributed by atoms with E-state index in [0.717, 1.165) is 31.8 Å². The van der Waals surface area contributed by atoms with Crippen LogP contribution in [0.5, 0.6) is 0 Å². The third kappa shape index (κ3) is 4.70. The van der Waals surface area contributed by atoms with Crippen LogP contribution in [0.4, 0.5) is 17.5 Å². The second-order valence-corrected chi connectivity index (χ2v) is 7.95. The summed E-state index contributed by atoms with van der Waals surface area (Å²) in [7, 11) is 0. The molecule has 3 rings (SSSR count). The first-order chi connectivity index (χ1) is 11.9. The molecular weight excluding hydrogens is 444 g/mol. The molecular formula is C19H20Br2N4. The van der Waals surface area contributed by atoms with E-state index in [1.54, 1.807) is 6.20 Å². The number of nitrogens with one attached hydrogen (secondary N) is 2. The third-order valence-electron chi connectivity index (χ3n) is 4.16. The molecule has 0 saturated heterocycles. The molecule has 4 nitrogen and oxygen atoms in total. The van der Waals surface area contributed by atoms with Gasteiger partial charge in [-0.25, -0.2) is 4.98 Å². The molecule has 1 heterocycles.